The van der Waals surface area contributed by atoms with Gasteiger partial charge in [0.25, 0.3) is 5.91 Å². The summed E-state index contributed by atoms with van der Waals surface area (Å²) in [5.41, 5.74) is 2.48. The maximum atomic E-state index is 12.3. The van der Waals surface area contributed by atoms with E-state index in [1.807, 2.05) is 32.0 Å². The SMILES string of the molecule is COC(=O)c1ccc(C(=O)OC)c(NC(=O)COc2cc(C)cc(C)c2)c1. The van der Waals surface area contributed by atoms with Crippen LogP contribution in [0.4, 0.5) is 5.69 Å². The van der Waals surface area contributed by atoms with Crippen LogP contribution in [0, 0.1) is 13.8 Å². The van der Waals surface area contributed by atoms with E-state index in [0.717, 1.165) is 11.1 Å². The topological polar surface area (TPSA) is 90.9 Å². The quantitative estimate of drug-likeness (QED) is 0.785. The molecule has 2 aromatic carbocycles. The monoisotopic (exact) mass is 371 g/mol. The zero-order chi connectivity index (χ0) is 20.0. The van der Waals surface area contributed by atoms with Crippen LogP contribution in [-0.4, -0.2) is 38.7 Å². The lowest BCUT2D eigenvalue weighted by Gasteiger charge is -2.12. The molecule has 0 fully saturated rings. The van der Waals surface area contributed by atoms with E-state index in [-0.39, 0.29) is 23.4 Å². The van der Waals surface area contributed by atoms with Crippen molar-refractivity contribution in [3.05, 3.63) is 58.7 Å². The van der Waals surface area contributed by atoms with Crippen LogP contribution in [0.1, 0.15) is 31.8 Å². The second-order valence-electron chi connectivity index (χ2n) is 5.90. The molecular weight excluding hydrogens is 350 g/mol. The number of ether oxygens (including phenoxy) is 3. The molecule has 0 aliphatic carbocycles. The molecule has 0 saturated heterocycles. The zero-order valence-corrected chi connectivity index (χ0v) is 15.6. The van der Waals surface area contributed by atoms with E-state index in [0.29, 0.717) is 5.75 Å². The third-order valence-corrected chi connectivity index (χ3v) is 3.69. The first-order valence-electron chi connectivity index (χ1n) is 8.15. The molecule has 7 heteroatoms. The van der Waals surface area contributed by atoms with Gasteiger partial charge >= 0.3 is 11.9 Å². The highest BCUT2D eigenvalue weighted by atomic mass is 16.5. The lowest BCUT2D eigenvalue weighted by molar-refractivity contribution is -0.118. The Balaban J connectivity index is 2.16. The molecule has 0 aromatic heterocycles. The van der Waals surface area contributed by atoms with Crippen molar-refractivity contribution in [2.24, 2.45) is 0 Å². The average Bonchev–Trinajstić information content (AvgIpc) is 2.64. The summed E-state index contributed by atoms with van der Waals surface area (Å²) in [5, 5.41) is 2.57. The minimum Gasteiger partial charge on any atom is -0.484 e. The second-order valence-corrected chi connectivity index (χ2v) is 5.90. The standard InChI is InChI=1S/C20H21NO6/c1-12-7-13(2)9-15(8-12)27-11-18(22)21-17-10-14(19(23)25-3)5-6-16(17)20(24)26-4/h5-10H,11H2,1-4H3,(H,21,22). The minimum atomic E-state index is -0.642. The van der Waals surface area contributed by atoms with E-state index in [2.05, 4.69) is 10.1 Å². The van der Waals surface area contributed by atoms with Gasteiger partial charge in [-0.2, -0.15) is 0 Å². The van der Waals surface area contributed by atoms with Crippen molar-refractivity contribution in [2.45, 2.75) is 13.8 Å². The Hall–Kier alpha value is -3.35. The first-order chi connectivity index (χ1) is 12.8. The first kappa shape index (κ1) is 20.0. The van der Waals surface area contributed by atoms with Crippen molar-refractivity contribution in [3.8, 4) is 5.75 Å². The van der Waals surface area contributed by atoms with Crippen LogP contribution in [-0.2, 0) is 14.3 Å². The number of rotatable bonds is 6. The van der Waals surface area contributed by atoms with Gasteiger partial charge in [-0.1, -0.05) is 6.07 Å². The van der Waals surface area contributed by atoms with Crippen LogP contribution in [0.2, 0.25) is 0 Å². The second kappa shape index (κ2) is 8.84. The molecule has 0 heterocycles. The molecule has 2 rings (SSSR count). The molecule has 0 atom stereocenters. The highest BCUT2D eigenvalue weighted by molar-refractivity contribution is 6.03. The lowest BCUT2D eigenvalue weighted by Crippen LogP contribution is -2.22. The molecule has 0 radical (unpaired) electrons. The molecule has 27 heavy (non-hydrogen) atoms. The number of nitrogens with one attached hydrogen (secondary N) is 1. The van der Waals surface area contributed by atoms with E-state index in [1.54, 1.807) is 0 Å². The van der Waals surface area contributed by atoms with Crippen molar-refractivity contribution < 1.29 is 28.6 Å². The number of amides is 1. The van der Waals surface area contributed by atoms with Crippen molar-refractivity contribution in [2.75, 3.05) is 26.1 Å². The predicted octanol–water partition coefficient (Wildman–Crippen LogP) is 2.89. The molecule has 2 aromatic rings. The highest BCUT2D eigenvalue weighted by Gasteiger charge is 2.17. The summed E-state index contributed by atoms with van der Waals surface area (Å²) in [6.45, 7) is 3.60. The van der Waals surface area contributed by atoms with Gasteiger partial charge in [0.2, 0.25) is 0 Å². The summed E-state index contributed by atoms with van der Waals surface area (Å²) in [6, 6.07) is 9.79. The molecule has 0 unspecified atom stereocenters. The number of carbonyl (C=O) groups excluding carboxylic acids is 3. The average molecular weight is 371 g/mol. The minimum absolute atomic E-state index is 0.116. The van der Waals surface area contributed by atoms with Crippen molar-refractivity contribution in [3.63, 3.8) is 0 Å². The lowest BCUT2D eigenvalue weighted by atomic mass is 10.1. The summed E-state index contributed by atoms with van der Waals surface area (Å²) >= 11 is 0. The Kier molecular flexibility index (Phi) is 6.54. The van der Waals surface area contributed by atoms with Gasteiger partial charge in [-0.15, -0.1) is 0 Å². The Bertz CT molecular complexity index is 855. The highest BCUT2D eigenvalue weighted by Crippen LogP contribution is 2.20. The molecule has 0 bridgehead atoms. The number of hydrogen-bond donors (Lipinski definition) is 1. The van der Waals surface area contributed by atoms with Crippen molar-refractivity contribution in [1.82, 2.24) is 0 Å². The third kappa shape index (κ3) is 5.31. The van der Waals surface area contributed by atoms with E-state index in [4.69, 9.17) is 9.47 Å². The summed E-state index contributed by atoms with van der Waals surface area (Å²) < 4.78 is 14.9. The van der Waals surface area contributed by atoms with Crippen molar-refractivity contribution in [1.29, 1.82) is 0 Å². The van der Waals surface area contributed by atoms with E-state index in [1.165, 1.54) is 32.4 Å². The number of carbonyl (C=O) groups is 3. The fourth-order valence-electron chi connectivity index (χ4n) is 2.53. The Morgan fingerprint density at radius 1 is 0.889 bits per heavy atom. The first-order valence-corrected chi connectivity index (χ1v) is 8.15. The number of hydrogen-bond acceptors (Lipinski definition) is 6. The van der Waals surface area contributed by atoms with Crippen LogP contribution in [0.25, 0.3) is 0 Å². The molecule has 7 nitrogen and oxygen atoms in total. The van der Waals surface area contributed by atoms with Gasteiger partial charge in [0.1, 0.15) is 5.75 Å². The number of aryl methyl sites for hydroxylation is 2. The molecule has 142 valence electrons. The maximum Gasteiger partial charge on any atom is 0.339 e. The van der Waals surface area contributed by atoms with Crippen LogP contribution >= 0.6 is 0 Å². The van der Waals surface area contributed by atoms with Crippen LogP contribution in [0.15, 0.2) is 36.4 Å². The maximum absolute atomic E-state index is 12.3. The smallest absolute Gasteiger partial charge is 0.339 e. The molecule has 1 amide bonds. The fourth-order valence-corrected chi connectivity index (χ4v) is 2.53. The van der Waals surface area contributed by atoms with E-state index >= 15 is 0 Å². The Labute approximate surface area is 157 Å². The molecule has 0 spiro atoms. The van der Waals surface area contributed by atoms with Crippen LogP contribution in [0.3, 0.4) is 0 Å². The van der Waals surface area contributed by atoms with Crippen molar-refractivity contribution >= 4 is 23.5 Å². The van der Waals surface area contributed by atoms with Crippen LogP contribution in [0.5, 0.6) is 5.75 Å². The largest absolute Gasteiger partial charge is 0.484 e. The van der Waals surface area contributed by atoms with Gasteiger partial charge in [-0.3, -0.25) is 4.79 Å². The van der Waals surface area contributed by atoms with Gasteiger partial charge in [0.05, 0.1) is 31.0 Å². The summed E-state index contributed by atoms with van der Waals surface area (Å²) in [5.74, 6) is -1.15. The number of esters is 2. The summed E-state index contributed by atoms with van der Waals surface area (Å²) in [6.07, 6.45) is 0. The zero-order valence-electron chi connectivity index (χ0n) is 15.6. The predicted molar refractivity (Wildman–Crippen MR) is 99.2 cm³/mol. The Morgan fingerprint density at radius 2 is 1.52 bits per heavy atom. The van der Waals surface area contributed by atoms with E-state index < -0.39 is 17.8 Å². The van der Waals surface area contributed by atoms with Gasteiger partial charge < -0.3 is 19.5 Å². The molecular formula is C20H21NO6. The molecule has 0 aliphatic rings. The summed E-state index contributed by atoms with van der Waals surface area (Å²) in [7, 11) is 2.47. The molecule has 0 saturated carbocycles. The van der Waals surface area contributed by atoms with Gasteiger partial charge in [-0.25, -0.2) is 9.59 Å². The molecule has 0 aliphatic heterocycles. The van der Waals surface area contributed by atoms with Gasteiger partial charge in [0, 0.05) is 0 Å². The fraction of sp³-hybridized carbons (Fsp3) is 0.250. The normalized spacial score (nSPS) is 10.1. The Morgan fingerprint density at radius 3 is 2.11 bits per heavy atom. The van der Waals surface area contributed by atoms with Gasteiger partial charge in [-0.05, 0) is 55.3 Å². The number of methoxy groups -OCH3 is 2. The van der Waals surface area contributed by atoms with Gasteiger partial charge in [0.15, 0.2) is 6.61 Å². The van der Waals surface area contributed by atoms with Crippen LogP contribution < -0.4 is 10.1 Å². The van der Waals surface area contributed by atoms with E-state index in [9.17, 15) is 14.4 Å². The number of benzene rings is 2. The molecule has 1 N–H and O–H groups in total. The summed E-state index contributed by atoms with van der Waals surface area (Å²) in [4.78, 5) is 35.9. The third-order valence-electron chi connectivity index (χ3n) is 3.69. The number of anilines is 1.